The summed E-state index contributed by atoms with van der Waals surface area (Å²) in [4.78, 5) is 30.0. The average Bonchev–Trinajstić information content (AvgIpc) is 2.82. The average molecular weight is 425 g/mol. The second-order valence-corrected chi connectivity index (χ2v) is 8.43. The van der Waals surface area contributed by atoms with Gasteiger partial charge in [-0.25, -0.2) is 0 Å². The van der Waals surface area contributed by atoms with Crippen LogP contribution in [0.2, 0.25) is 0 Å². The van der Waals surface area contributed by atoms with Crippen LogP contribution in [-0.4, -0.2) is 39.7 Å². The lowest BCUT2D eigenvalue weighted by atomic mass is 10.0. The quantitative estimate of drug-likeness (QED) is 0.453. The van der Waals surface area contributed by atoms with Crippen molar-refractivity contribution in [1.29, 1.82) is 0 Å². The van der Waals surface area contributed by atoms with Gasteiger partial charge >= 0.3 is 0 Å². The fourth-order valence-corrected chi connectivity index (χ4v) is 4.71. The highest BCUT2D eigenvalue weighted by molar-refractivity contribution is 5.92. The second kappa shape index (κ2) is 7.65. The Morgan fingerprint density at radius 1 is 1.00 bits per heavy atom. The molecule has 0 saturated carbocycles. The summed E-state index contributed by atoms with van der Waals surface area (Å²) in [6.07, 6.45) is 1.87. The maximum absolute atomic E-state index is 12.7. The third-order valence-electron chi connectivity index (χ3n) is 6.40. The van der Waals surface area contributed by atoms with Gasteiger partial charge in [0, 0.05) is 55.6 Å². The van der Waals surface area contributed by atoms with E-state index in [0.29, 0.717) is 11.3 Å². The van der Waals surface area contributed by atoms with Crippen molar-refractivity contribution in [2.24, 2.45) is 7.05 Å². The molecule has 1 fully saturated rings. The summed E-state index contributed by atoms with van der Waals surface area (Å²) in [7, 11) is 1.74. The first-order valence-corrected chi connectivity index (χ1v) is 10.7. The molecule has 0 aliphatic carbocycles. The van der Waals surface area contributed by atoms with Gasteiger partial charge in [0.15, 0.2) is 0 Å². The van der Waals surface area contributed by atoms with Crippen LogP contribution in [0.25, 0.3) is 26.8 Å². The molecule has 4 heterocycles. The van der Waals surface area contributed by atoms with Crippen molar-refractivity contribution in [1.82, 2.24) is 14.5 Å². The number of aromatic nitrogens is 3. The highest BCUT2D eigenvalue weighted by Gasteiger charge is 2.32. The number of anilines is 2. The minimum absolute atomic E-state index is 0.0766. The summed E-state index contributed by atoms with van der Waals surface area (Å²) in [6, 6.07) is 15.8. The maximum atomic E-state index is 12.7. The Labute approximate surface area is 186 Å². The summed E-state index contributed by atoms with van der Waals surface area (Å²) in [5, 5.41) is 1.14. The SMILES string of the molecule is [C-]#[N+]c1ccc2c(n1)c(N1C[C@@H](C)N(c3ccnc4ccccc34)C[C@@H]1C)cc(=O)n2C. The molecule has 32 heavy (non-hydrogen) atoms. The van der Waals surface area contributed by atoms with Crippen LogP contribution >= 0.6 is 0 Å². The zero-order chi connectivity index (χ0) is 22.4. The molecular formula is C25H24N6O. The molecule has 1 aliphatic rings. The van der Waals surface area contributed by atoms with Crippen LogP contribution in [0.1, 0.15) is 13.8 Å². The number of fused-ring (bicyclic) bond motifs is 2. The van der Waals surface area contributed by atoms with E-state index in [9.17, 15) is 4.79 Å². The first kappa shape index (κ1) is 20.0. The van der Waals surface area contributed by atoms with Gasteiger partial charge in [0.05, 0.1) is 16.7 Å². The topological polar surface area (TPSA) is 58.6 Å². The van der Waals surface area contributed by atoms with Gasteiger partial charge in [-0.3, -0.25) is 9.78 Å². The number of benzene rings is 1. The maximum Gasteiger partial charge on any atom is 0.270 e. The van der Waals surface area contributed by atoms with Gasteiger partial charge in [0.1, 0.15) is 0 Å². The molecule has 1 aliphatic heterocycles. The van der Waals surface area contributed by atoms with Crippen LogP contribution in [0.3, 0.4) is 0 Å². The molecule has 0 spiro atoms. The Bertz CT molecular complexity index is 1430. The van der Waals surface area contributed by atoms with Crippen LogP contribution in [0.4, 0.5) is 17.2 Å². The highest BCUT2D eigenvalue weighted by atomic mass is 16.1. The van der Waals surface area contributed by atoms with Gasteiger partial charge < -0.3 is 19.2 Å². The van der Waals surface area contributed by atoms with Crippen molar-refractivity contribution in [3.63, 3.8) is 0 Å². The summed E-state index contributed by atoms with van der Waals surface area (Å²) in [5.74, 6) is 0.333. The smallest absolute Gasteiger partial charge is 0.270 e. The molecule has 5 rings (SSSR count). The number of nitrogens with zero attached hydrogens (tertiary/aromatic N) is 6. The number of hydrogen-bond donors (Lipinski definition) is 0. The van der Waals surface area contributed by atoms with E-state index in [0.717, 1.165) is 35.2 Å². The summed E-state index contributed by atoms with van der Waals surface area (Å²) >= 11 is 0. The normalized spacial score (nSPS) is 18.8. The molecule has 2 atom stereocenters. The van der Waals surface area contributed by atoms with Crippen molar-refractivity contribution < 1.29 is 0 Å². The number of para-hydroxylation sites is 1. The lowest BCUT2D eigenvalue weighted by molar-refractivity contribution is 0.482. The van der Waals surface area contributed by atoms with E-state index in [2.05, 4.69) is 50.6 Å². The van der Waals surface area contributed by atoms with Crippen molar-refractivity contribution in [2.75, 3.05) is 22.9 Å². The molecule has 4 aromatic rings. The first-order valence-electron chi connectivity index (χ1n) is 10.7. The van der Waals surface area contributed by atoms with Gasteiger partial charge in [-0.2, -0.15) is 0 Å². The van der Waals surface area contributed by atoms with E-state index in [1.807, 2.05) is 30.5 Å². The van der Waals surface area contributed by atoms with Crippen LogP contribution in [0.15, 0.2) is 59.5 Å². The van der Waals surface area contributed by atoms with E-state index in [-0.39, 0.29) is 17.6 Å². The zero-order valence-electron chi connectivity index (χ0n) is 18.4. The largest absolute Gasteiger partial charge is 0.364 e. The Balaban J connectivity index is 1.57. The fraction of sp³-hybridized carbons (Fsp3) is 0.280. The van der Waals surface area contributed by atoms with Crippen LogP contribution < -0.4 is 15.4 Å². The third-order valence-corrected chi connectivity index (χ3v) is 6.40. The fourth-order valence-electron chi connectivity index (χ4n) is 4.71. The lowest BCUT2D eigenvalue weighted by Gasteiger charge is -2.46. The Kier molecular flexibility index (Phi) is 4.78. The molecule has 1 aromatic carbocycles. The molecule has 7 nitrogen and oxygen atoms in total. The first-order chi connectivity index (χ1) is 15.5. The minimum atomic E-state index is -0.0766. The monoisotopic (exact) mass is 424 g/mol. The molecule has 0 bridgehead atoms. The Morgan fingerprint density at radius 2 is 1.72 bits per heavy atom. The molecule has 0 unspecified atom stereocenters. The van der Waals surface area contributed by atoms with Crippen LogP contribution in [0.5, 0.6) is 0 Å². The molecule has 1 saturated heterocycles. The number of hydrogen-bond acceptors (Lipinski definition) is 5. The van der Waals surface area contributed by atoms with E-state index in [4.69, 9.17) is 6.57 Å². The molecule has 160 valence electrons. The Hall–Kier alpha value is -3.92. The van der Waals surface area contributed by atoms with Gasteiger partial charge in [-0.15, -0.1) is 4.98 Å². The van der Waals surface area contributed by atoms with Gasteiger partial charge in [0.2, 0.25) is 5.52 Å². The minimum Gasteiger partial charge on any atom is -0.364 e. The standard InChI is InChI=1S/C25H24N6O/c1-16-15-31(22-13-24(32)29(4)21-9-10-23(26-3)28-25(21)22)17(2)14-30(16)20-11-12-27-19-8-6-5-7-18(19)20/h5-13,16-17H,14-15H2,1-2,4H3/t16-,17+/m1/s1. The van der Waals surface area contributed by atoms with E-state index in [1.165, 1.54) is 5.69 Å². The Morgan fingerprint density at radius 3 is 2.47 bits per heavy atom. The van der Waals surface area contributed by atoms with Crippen LogP contribution in [0, 0.1) is 6.57 Å². The summed E-state index contributed by atoms with van der Waals surface area (Å²) in [5.41, 5.74) is 4.32. The molecule has 0 N–H and O–H groups in total. The summed E-state index contributed by atoms with van der Waals surface area (Å²) in [6.45, 7) is 13.3. The van der Waals surface area contributed by atoms with Gasteiger partial charge in [-0.1, -0.05) is 24.8 Å². The number of pyridine rings is 3. The van der Waals surface area contributed by atoms with E-state index in [1.54, 1.807) is 23.7 Å². The lowest BCUT2D eigenvalue weighted by Crippen LogP contribution is -2.57. The van der Waals surface area contributed by atoms with E-state index < -0.39 is 0 Å². The molecular weight excluding hydrogens is 400 g/mol. The van der Waals surface area contributed by atoms with Crippen molar-refractivity contribution in [3.8, 4) is 0 Å². The number of piperazine rings is 1. The van der Waals surface area contributed by atoms with Crippen molar-refractivity contribution in [2.45, 2.75) is 25.9 Å². The number of rotatable bonds is 2. The summed E-state index contributed by atoms with van der Waals surface area (Å²) < 4.78 is 1.59. The molecule has 7 heteroatoms. The molecule has 3 aromatic heterocycles. The zero-order valence-corrected chi connectivity index (χ0v) is 18.4. The predicted octanol–water partition coefficient (Wildman–Crippen LogP) is 4.14. The number of aryl methyl sites for hydroxylation is 1. The third kappa shape index (κ3) is 3.16. The predicted molar refractivity (Wildman–Crippen MR) is 129 cm³/mol. The van der Waals surface area contributed by atoms with Crippen LogP contribution in [-0.2, 0) is 7.05 Å². The molecule has 0 radical (unpaired) electrons. The second-order valence-electron chi connectivity index (χ2n) is 8.43. The van der Waals surface area contributed by atoms with Crippen molar-refractivity contribution in [3.05, 3.63) is 76.5 Å². The van der Waals surface area contributed by atoms with Gasteiger partial charge in [-0.05, 0) is 38.1 Å². The van der Waals surface area contributed by atoms with E-state index >= 15 is 0 Å². The highest BCUT2D eigenvalue weighted by Crippen LogP contribution is 2.33. The van der Waals surface area contributed by atoms with Gasteiger partial charge in [0.25, 0.3) is 11.4 Å². The molecule has 0 amide bonds. The van der Waals surface area contributed by atoms with Crippen molar-refractivity contribution >= 4 is 39.1 Å².